The van der Waals surface area contributed by atoms with Crippen LogP contribution in [0, 0.1) is 0 Å². The van der Waals surface area contributed by atoms with Gasteiger partial charge in [-0.15, -0.1) is 0 Å². The second kappa shape index (κ2) is 5.07. The minimum atomic E-state index is -0.0767. The van der Waals surface area contributed by atoms with Gasteiger partial charge in [0.15, 0.2) is 0 Å². The summed E-state index contributed by atoms with van der Waals surface area (Å²) in [6.07, 6.45) is 3.41. The number of amides is 1. The third kappa shape index (κ3) is 3.31. The molecule has 0 atom stereocenters. The van der Waals surface area contributed by atoms with E-state index in [9.17, 15) is 4.79 Å². The van der Waals surface area contributed by atoms with Crippen LogP contribution in [0.4, 0.5) is 5.69 Å². The van der Waals surface area contributed by atoms with Gasteiger partial charge in [-0.1, -0.05) is 6.08 Å². The number of hydrogen-bond acceptors (Lipinski definition) is 2. The lowest BCUT2D eigenvalue weighted by atomic mass is 10.3. The van der Waals surface area contributed by atoms with Crippen LogP contribution >= 0.6 is 0 Å². The Morgan fingerprint density at radius 2 is 2.00 bits per heavy atom. The van der Waals surface area contributed by atoms with E-state index in [-0.39, 0.29) is 5.91 Å². The molecule has 0 saturated heterocycles. The van der Waals surface area contributed by atoms with E-state index in [0.717, 1.165) is 11.4 Å². The SMILES string of the molecule is CC=COc1ccc(NC(C)=O)cc1. The molecule has 0 aliphatic heterocycles. The van der Waals surface area contributed by atoms with Crippen LogP contribution in [0.2, 0.25) is 0 Å². The van der Waals surface area contributed by atoms with Gasteiger partial charge in [-0.2, -0.15) is 0 Å². The summed E-state index contributed by atoms with van der Waals surface area (Å²) in [5.74, 6) is 0.671. The summed E-state index contributed by atoms with van der Waals surface area (Å²) in [4.78, 5) is 10.7. The molecule has 0 aliphatic rings. The molecule has 3 nitrogen and oxygen atoms in total. The number of ether oxygens (including phenoxy) is 1. The largest absolute Gasteiger partial charge is 0.465 e. The fourth-order valence-electron chi connectivity index (χ4n) is 0.967. The van der Waals surface area contributed by atoms with Gasteiger partial charge < -0.3 is 10.1 Å². The molecule has 3 heteroatoms. The standard InChI is InChI=1S/C11H13NO2/c1-3-8-14-11-6-4-10(5-7-11)12-9(2)13/h3-8H,1-2H3,(H,12,13). The lowest BCUT2D eigenvalue weighted by molar-refractivity contribution is -0.114. The predicted octanol–water partition coefficient (Wildman–Crippen LogP) is 2.56. The zero-order chi connectivity index (χ0) is 10.4. The Morgan fingerprint density at radius 1 is 1.36 bits per heavy atom. The van der Waals surface area contributed by atoms with Gasteiger partial charge in [0.1, 0.15) is 5.75 Å². The van der Waals surface area contributed by atoms with Crippen LogP contribution in [-0.2, 0) is 4.79 Å². The highest BCUT2D eigenvalue weighted by atomic mass is 16.5. The highest BCUT2D eigenvalue weighted by molar-refractivity contribution is 5.88. The van der Waals surface area contributed by atoms with Crippen LogP contribution in [-0.4, -0.2) is 5.91 Å². The summed E-state index contributed by atoms with van der Waals surface area (Å²) in [5.41, 5.74) is 0.769. The number of rotatable bonds is 3. The first kappa shape index (κ1) is 10.3. The van der Waals surface area contributed by atoms with E-state index < -0.39 is 0 Å². The highest BCUT2D eigenvalue weighted by Crippen LogP contribution is 2.15. The second-order valence-electron chi connectivity index (χ2n) is 2.79. The first-order valence-electron chi connectivity index (χ1n) is 4.38. The van der Waals surface area contributed by atoms with E-state index in [0.29, 0.717) is 0 Å². The third-order valence-electron chi connectivity index (χ3n) is 1.51. The first-order valence-corrected chi connectivity index (χ1v) is 4.38. The molecular weight excluding hydrogens is 178 g/mol. The van der Waals surface area contributed by atoms with E-state index >= 15 is 0 Å². The fraction of sp³-hybridized carbons (Fsp3) is 0.182. The Bertz CT molecular complexity index is 328. The van der Waals surface area contributed by atoms with Gasteiger partial charge >= 0.3 is 0 Å². The minimum absolute atomic E-state index is 0.0767. The van der Waals surface area contributed by atoms with Crippen molar-refractivity contribution < 1.29 is 9.53 Å². The number of carbonyl (C=O) groups is 1. The molecule has 0 radical (unpaired) electrons. The molecule has 0 spiro atoms. The van der Waals surface area contributed by atoms with Crippen LogP contribution in [0.1, 0.15) is 13.8 Å². The Kier molecular flexibility index (Phi) is 3.73. The normalized spacial score (nSPS) is 10.1. The van der Waals surface area contributed by atoms with E-state index in [2.05, 4.69) is 5.32 Å². The summed E-state index contributed by atoms with van der Waals surface area (Å²) in [7, 11) is 0. The molecule has 1 rings (SSSR count). The maximum Gasteiger partial charge on any atom is 0.221 e. The fourth-order valence-corrected chi connectivity index (χ4v) is 0.967. The molecule has 0 bridgehead atoms. The maximum atomic E-state index is 10.7. The Morgan fingerprint density at radius 3 is 2.50 bits per heavy atom. The van der Waals surface area contributed by atoms with Gasteiger partial charge in [-0.25, -0.2) is 0 Å². The molecule has 1 aromatic rings. The van der Waals surface area contributed by atoms with Crippen molar-refractivity contribution in [1.82, 2.24) is 0 Å². The smallest absolute Gasteiger partial charge is 0.221 e. The molecule has 0 unspecified atom stereocenters. The summed E-state index contributed by atoms with van der Waals surface area (Å²) in [6.45, 7) is 3.36. The van der Waals surface area contributed by atoms with Crippen molar-refractivity contribution in [2.45, 2.75) is 13.8 Å². The van der Waals surface area contributed by atoms with Crippen LogP contribution in [0.25, 0.3) is 0 Å². The van der Waals surface area contributed by atoms with Crippen molar-refractivity contribution in [3.05, 3.63) is 36.6 Å². The van der Waals surface area contributed by atoms with E-state index in [1.54, 1.807) is 30.5 Å². The van der Waals surface area contributed by atoms with Crippen LogP contribution < -0.4 is 10.1 Å². The molecule has 0 aromatic heterocycles. The van der Waals surface area contributed by atoms with Crippen LogP contribution in [0.5, 0.6) is 5.75 Å². The zero-order valence-electron chi connectivity index (χ0n) is 8.28. The lowest BCUT2D eigenvalue weighted by Crippen LogP contribution is -2.05. The van der Waals surface area contributed by atoms with Crippen molar-refractivity contribution in [3.63, 3.8) is 0 Å². The summed E-state index contributed by atoms with van der Waals surface area (Å²) in [6, 6.07) is 7.18. The topological polar surface area (TPSA) is 38.3 Å². The Labute approximate surface area is 83.4 Å². The average Bonchev–Trinajstić information content (AvgIpc) is 2.16. The Hall–Kier alpha value is -1.77. The second-order valence-corrected chi connectivity index (χ2v) is 2.79. The molecule has 14 heavy (non-hydrogen) atoms. The van der Waals surface area contributed by atoms with E-state index in [4.69, 9.17) is 4.74 Å². The number of carbonyl (C=O) groups excluding carboxylic acids is 1. The van der Waals surface area contributed by atoms with Gasteiger partial charge in [0.2, 0.25) is 5.91 Å². The molecule has 0 fully saturated rings. The summed E-state index contributed by atoms with van der Waals surface area (Å²) in [5, 5.41) is 2.68. The number of allylic oxidation sites excluding steroid dienone is 1. The van der Waals surface area contributed by atoms with Crippen molar-refractivity contribution in [3.8, 4) is 5.75 Å². The van der Waals surface area contributed by atoms with Crippen molar-refractivity contribution in [2.24, 2.45) is 0 Å². The highest BCUT2D eigenvalue weighted by Gasteiger charge is 1.95. The van der Waals surface area contributed by atoms with Crippen molar-refractivity contribution >= 4 is 11.6 Å². The van der Waals surface area contributed by atoms with Gasteiger partial charge in [-0.05, 0) is 31.2 Å². The van der Waals surface area contributed by atoms with Gasteiger partial charge in [0.05, 0.1) is 6.26 Å². The quantitative estimate of drug-likeness (QED) is 0.745. The molecule has 0 heterocycles. The number of anilines is 1. The van der Waals surface area contributed by atoms with E-state index in [1.165, 1.54) is 6.92 Å². The zero-order valence-corrected chi connectivity index (χ0v) is 8.28. The van der Waals surface area contributed by atoms with E-state index in [1.807, 2.05) is 13.0 Å². The van der Waals surface area contributed by atoms with Crippen molar-refractivity contribution in [2.75, 3.05) is 5.32 Å². The molecule has 1 N–H and O–H groups in total. The number of benzene rings is 1. The maximum absolute atomic E-state index is 10.7. The third-order valence-corrected chi connectivity index (χ3v) is 1.51. The molecule has 0 aliphatic carbocycles. The van der Waals surface area contributed by atoms with Gasteiger partial charge in [-0.3, -0.25) is 4.79 Å². The van der Waals surface area contributed by atoms with Crippen LogP contribution in [0.15, 0.2) is 36.6 Å². The lowest BCUT2D eigenvalue weighted by Gasteiger charge is -2.03. The summed E-state index contributed by atoms with van der Waals surface area (Å²) >= 11 is 0. The van der Waals surface area contributed by atoms with Gasteiger partial charge in [0.25, 0.3) is 0 Å². The first-order chi connectivity index (χ1) is 6.72. The average molecular weight is 191 g/mol. The monoisotopic (exact) mass is 191 g/mol. The molecule has 74 valence electrons. The minimum Gasteiger partial charge on any atom is -0.465 e. The van der Waals surface area contributed by atoms with Crippen molar-refractivity contribution in [1.29, 1.82) is 0 Å². The number of nitrogens with one attached hydrogen (secondary N) is 1. The number of hydrogen-bond donors (Lipinski definition) is 1. The molecular formula is C11H13NO2. The predicted molar refractivity (Wildman–Crippen MR) is 56.2 cm³/mol. The van der Waals surface area contributed by atoms with Crippen LogP contribution in [0.3, 0.4) is 0 Å². The molecule has 0 saturated carbocycles. The molecule has 1 amide bonds. The van der Waals surface area contributed by atoms with Gasteiger partial charge in [0, 0.05) is 12.6 Å². The summed E-state index contributed by atoms with van der Waals surface area (Å²) < 4.78 is 5.22. The Balaban J connectivity index is 2.63. The molecule has 1 aromatic carbocycles.